The normalized spacial score (nSPS) is 10.6. The zero-order chi connectivity index (χ0) is 12.6. The van der Waals surface area contributed by atoms with Crippen molar-refractivity contribution < 1.29 is 9.50 Å². The second-order valence-corrected chi connectivity index (χ2v) is 4.44. The van der Waals surface area contributed by atoms with Crippen LogP contribution < -0.4 is 0 Å². The summed E-state index contributed by atoms with van der Waals surface area (Å²) in [6.07, 6.45) is 0. The van der Waals surface area contributed by atoms with Gasteiger partial charge in [-0.1, -0.05) is 17.7 Å². The Morgan fingerprint density at radius 2 is 1.53 bits per heavy atom. The van der Waals surface area contributed by atoms with E-state index in [0.717, 1.165) is 22.8 Å². The molecular weight excluding hydrogens is 215 g/mol. The maximum Gasteiger partial charge on any atom is 0.126 e. The zero-order valence-corrected chi connectivity index (χ0v) is 10.2. The van der Waals surface area contributed by atoms with Crippen LogP contribution in [0.2, 0.25) is 0 Å². The Labute approximate surface area is 101 Å². The summed E-state index contributed by atoms with van der Waals surface area (Å²) in [5.74, 6) is -0.436. The van der Waals surface area contributed by atoms with E-state index in [1.165, 1.54) is 11.6 Å². The highest BCUT2D eigenvalue weighted by Crippen LogP contribution is 2.34. The second kappa shape index (κ2) is 4.21. The van der Waals surface area contributed by atoms with Crippen LogP contribution in [0.5, 0.6) is 5.75 Å². The van der Waals surface area contributed by atoms with Gasteiger partial charge in [0.05, 0.1) is 0 Å². The number of aryl methyl sites for hydroxylation is 3. The monoisotopic (exact) mass is 230 g/mol. The molecule has 0 aromatic heterocycles. The van der Waals surface area contributed by atoms with Gasteiger partial charge >= 0.3 is 0 Å². The van der Waals surface area contributed by atoms with E-state index in [1.54, 1.807) is 6.07 Å². The fraction of sp³-hybridized carbons (Fsp3) is 0.200. The van der Waals surface area contributed by atoms with E-state index < -0.39 is 5.82 Å². The van der Waals surface area contributed by atoms with Crippen molar-refractivity contribution in [3.63, 3.8) is 0 Å². The van der Waals surface area contributed by atoms with Crippen molar-refractivity contribution in [1.29, 1.82) is 0 Å². The summed E-state index contributed by atoms with van der Waals surface area (Å²) in [5, 5.41) is 9.82. The average Bonchev–Trinajstić information content (AvgIpc) is 2.19. The van der Waals surface area contributed by atoms with Crippen LogP contribution in [-0.4, -0.2) is 5.11 Å². The molecule has 0 heterocycles. The third kappa shape index (κ3) is 2.16. The molecule has 0 unspecified atom stereocenters. The van der Waals surface area contributed by atoms with Gasteiger partial charge in [0.25, 0.3) is 0 Å². The van der Waals surface area contributed by atoms with Gasteiger partial charge in [0, 0.05) is 11.6 Å². The molecule has 0 saturated carbocycles. The van der Waals surface area contributed by atoms with Gasteiger partial charge in [0.1, 0.15) is 11.6 Å². The van der Waals surface area contributed by atoms with Crippen LogP contribution in [-0.2, 0) is 0 Å². The van der Waals surface area contributed by atoms with Crippen LogP contribution >= 0.6 is 0 Å². The van der Waals surface area contributed by atoms with Crippen molar-refractivity contribution in [1.82, 2.24) is 0 Å². The van der Waals surface area contributed by atoms with Gasteiger partial charge in [-0.05, 0) is 49.6 Å². The van der Waals surface area contributed by atoms with E-state index in [9.17, 15) is 9.50 Å². The lowest BCUT2D eigenvalue weighted by Crippen LogP contribution is -1.91. The number of hydrogen-bond donors (Lipinski definition) is 1. The van der Waals surface area contributed by atoms with Crippen molar-refractivity contribution in [2.45, 2.75) is 20.8 Å². The molecule has 17 heavy (non-hydrogen) atoms. The molecule has 0 spiro atoms. The van der Waals surface area contributed by atoms with Gasteiger partial charge in [-0.3, -0.25) is 0 Å². The number of phenols is 1. The molecule has 1 N–H and O–H groups in total. The van der Waals surface area contributed by atoms with Gasteiger partial charge in [-0.25, -0.2) is 4.39 Å². The van der Waals surface area contributed by atoms with E-state index in [4.69, 9.17) is 0 Å². The van der Waals surface area contributed by atoms with Crippen molar-refractivity contribution in [2.24, 2.45) is 0 Å². The summed E-state index contributed by atoms with van der Waals surface area (Å²) in [4.78, 5) is 0. The summed E-state index contributed by atoms with van der Waals surface area (Å²) in [6.45, 7) is 6.03. The molecule has 1 nitrogen and oxygen atoms in total. The van der Waals surface area contributed by atoms with Crippen molar-refractivity contribution >= 4 is 0 Å². The van der Waals surface area contributed by atoms with E-state index in [0.29, 0.717) is 5.56 Å². The van der Waals surface area contributed by atoms with E-state index in [2.05, 4.69) is 12.1 Å². The highest BCUT2D eigenvalue weighted by molar-refractivity contribution is 5.76. The van der Waals surface area contributed by atoms with Crippen molar-refractivity contribution in [3.05, 3.63) is 52.8 Å². The summed E-state index contributed by atoms with van der Waals surface area (Å²) in [5.41, 5.74) is 5.02. The Bertz CT molecular complexity index is 550. The summed E-state index contributed by atoms with van der Waals surface area (Å²) >= 11 is 0. The minimum atomic E-state index is -0.423. The van der Waals surface area contributed by atoms with E-state index in [1.807, 2.05) is 20.8 Å². The van der Waals surface area contributed by atoms with E-state index >= 15 is 0 Å². The Morgan fingerprint density at radius 1 is 0.941 bits per heavy atom. The van der Waals surface area contributed by atoms with Gasteiger partial charge < -0.3 is 5.11 Å². The molecule has 0 radical (unpaired) electrons. The highest BCUT2D eigenvalue weighted by atomic mass is 19.1. The molecule has 2 rings (SSSR count). The molecule has 2 heteroatoms. The van der Waals surface area contributed by atoms with Crippen molar-refractivity contribution in [3.8, 4) is 16.9 Å². The van der Waals surface area contributed by atoms with Crippen LogP contribution in [0.3, 0.4) is 0 Å². The molecule has 2 aromatic rings. The maximum atomic E-state index is 13.0. The van der Waals surface area contributed by atoms with Crippen LogP contribution in [0, 0.1) is 26.6 Å². The molecule has 2 aromatic carbocycles. The number of hydrogen-bond acceptors (Lipinski definition) is 1. The minimum absolute atomic E-state index is 0.0138. The Hall–Kier alpha value is -1.83. The van der Waals surface area contributed by atoms with Gasteiger partial charge in [-0.15, -0.1) is 0 Å². The van der Waals surface area contributed by atoms with Crippen LogP contribution in [0.25, 0.3) is 11.1 Å². The third-order valence-corrected chi connectivity index (χ3v) is 2.91. The fourth-order valence-electron chi connectivity index (χ4n) is 2.32. The molecule has 0 amide bonds. The zero-order valence-electron chi connectivity index (χ0n) is 10.2. The fourth-order valence-corrected chi connectivity index (χ4v) is 2.32. The third-order valence-electron chi connectivity index (χ3n) is 2.91. The van der Waals surface area contributed by atoms with Gasteiger partial charge in [0.2, 0.25) is 0 Å². The first-order valence-corrected chi connectivity index (χ1v) is 5.56. The lowest BCUT2D eigenvalue weighted by Gasteiger charge is -2.13. The Kier molecular flexibility index (Phi) is 2.88. The largest absolute Gasteiger partial charge is 0.507 e. The molecule has 88 valence electrons. The van der Waals surface area contributed by atoms with Crippen LogP contribution in [0.15, 0.2) is 30.3 Å². The topological polar surface area (TPSA) is 20.2 Å². The molecule has 0 aliphatic rings. The lowest BCUT2D eigenvalue weighted by atomic mass is 9.93. The molecule has 0 atom stereocenters. The molecule has 0 saturated heterocycles. The maximum absolute atomic E-state index is 13.0. The Morgan fingerprint density at radius 3 is 2.06 bits per heavy atom. The number of halogens is 1. The standard InChI is InChI=1S/C15H15FO/c1-9-6-10(2)15(11(3)7-9)13-5-4-12(16)8-14(13)17/h4-8,17H,1-3H3. The first kappa shape index (κ1) is 11.6. The Balaban J connectivity index is 2.68. The summed E-state index contributed by atoms with van der Waals surface area (Å²) in [6, 6.07) is 8.26. The molecule has 0 bridgehead atoms. The first-order valence-electron chi connectivity index (χ1n) is 5.56. The lowest BCUT2D eigenvalue weighted by molar-refractivity contribution is 0.471. The quantitative estimate of drug-likeness (QED) is 0.781. The average molecular weight is 230 g/mol. The second-order valence-electron chi connectivity index (χ2n) is 4.44. The first-order chi connectivity index (χ1) is 7.99. The predicted molar refractivity (Wildman–Crippen MR) is 67.7 cm³/mol. The number of benzene rings is 2. The number of rotatable bonds is 1. The van der Waals surface area contributed by atoms with Crippen molar-refractivity contribution in [2.75, 3.05) is 0 Å². The van der Waals surface area contributed by atoms with Crippen LogP contribution in [0.4, 0.5) is 4.39 Å². The SMILES string of the molecule is Cc1cc(C)c(-c2ccc(F)cc2O)c(C)c1. The van der Waals surface area contributed by atoms with Crippen LogP contribution in [0.1, 0.15) is 16.7 Å². The summed E-state index contributed by atoms with van der Waals surface area (Å²) < 4.78 is 13.0. The smallest absolute Gasteiger partial charge is 0.126 e. The minimum Gasteiger partial charge on any atom is -0.507 e. The van der Waals surface area contributed by atoms with Gasteiger partial charge in [0.15, 0.2) is 0 Å². The predicted octanol–water partition coefficient (Wildman–Crippen LogP) is 4.12. The number of aromatic hydroxyl groups is 1. The number of phenolic OH excluding ortho intramolecular Hbond substituents is 1. The molecule has 0 aliphatic heterocycles. The molecule has 0 aliphatic carbocycles. The summed E-state index contributed by atoms with van der Waals surface area (Å²) in [7, 11) is 0. The van der Waals surface area contributed by atoms with E-state index in [-0.39, 0.29) is 5.75 Å². The molecular formula is C15H15FO. The van der Waals surface area contributed by atoms with Gasteiger partial charge in [-0.2, -0.15) is 0 Å². The molecule has 0 fully saturated rings. The highest BCUT2D eigenvalue weighted by Gasteiger charge is 2.11.